The van der Waals surface area contributed by atoms with Crippen LogP contribution < -0.4 is 0 Å². The fourth-order valence-corrected chi connectivity index (χ4v) is 4.62. The van der Waals surface area contributed by atoms with Crippen molar-refractivity contribution in [3.8, 4) is 0 Å². The van der Waals surface area contributed by atoms with E-state index in [1.165, 1.54) is 4.41 Å². The Bertz CT molecular complexity index is 1030. The minimum Gasteiger partial charge on any atom is -0.467 e. The summed E-state index contributed by atoms with van der Waals surface area (Å²) >= 11 is 3.41. The molecule has 0 unspecified atom stereocenters. The highest BCUT2D eigenvalue weighted by Crippen LogP contribution is 2.37. The Labute approximate surface area is 160 Å². The van der Waals surface area contributed by atoms with Gasteiger partial charge in [-0.2, -0.15) is 17.9 Å². The quantitative estimate of drug-likeness (QED) is 0.608. The molecule has 0 aliphatic carbocycles. The lowest BCUT2D eigenvalue weighted by molar-refractivity contribution is 0.320. The van der Waals surface area contributed by atoms with E-state index in [0.717, 1.165) is 10.0 Å². The third-order valence-corrected chi connectivity index (χ3v) is 6.43. The molecule has 1 aromatic heterocycles. The zero-order valence-electron chi connectivity index (χ0n) is 13.6. The van der Waals surface area contributed by atoms with Crippen LogP contribution in [0.25, 0.3) is 0 Å². The summed E-state index contributed by atoms with van der Waals surface area (Å²) in [5.74, 6) is 0.570. The van der Waals surface area contributed by atoms with Crippen LogP contribution in [-0.2, 0) is 10.0 Å². The van der Waals surface area contributed by atoms with Gasteiger partial charge in [0, 0.05) is 10.9 Å². The molecule has 0 spiro atoms. The van der Waals surface area contributed by atoms with Gasteiger partial charge in [-0.05, 0) is 42.0 Å². The van der Waals surface area contributed by atoms with Crippen LogP contribution in [0, 0.1) is 0 Å². The van der Waals surface area contributed by atoms with Crippen molar-refractivity contribution in [2.24, 2.45) is 5.10 Å². The van der Waals surface area contributed by atoms with Crippen molar-refractivity contribution in [1.29, 1.82) is 0 Å². The van der Waals surface area contributed by atoms with Gasteiger partial charge in [0.2, 0.25) is 0 Å². The molecule has 0 amide bonds. The van der Waals surface area contributed by atoms with E-state index in [0.29, 0.717) is 17.9 Å². The molecular weight excluding hydrogens is 416 g/mol. The lowest BCUT2D eigenvalue weighted by Gasteiger charge is -2.21. The molecule has 2 heterocycles. The molecule has 2 aromatic carbocycles. The Balaban J connectivity index is 1.78. The number of hydrogen-bond donors (Lipinski definition) is 0. The summed E-state index contributed by atoms with van der Waals surface area (Å²) < 4.78 is 33.9. The zero-order chi connectivity index (χ0) is 18.1. The standard InChI is InChI=1S/C19H15BrN2O3S/c20-15-10-8-14(9-11-15)17-13-18(19-7-4-12-25-19)22(21-17)26(23,24)16-5-2-1-3-6-16/h1-12,18H,13H2/t18-/m0/s1. The molecule has 0 saturated carbocycles. The molecule has 26 heavy (non-hydrogen) atoms. The SMILES string of the molecule is O=S(=O)(c1ccccc1)N1N=C(c2ccc(Br)cc2)C[C@H]1c1ccco1. The van der Waals surface area contributed by atoms with Gasteiger partial charge in [0.25, 0.3) is 10.0 Å². The van der Waals surface area contributed by atoms with E-state index >= 15 is 0 Å². The van der Waals surface area contributed by atoms with Gasteiger partial charge in [0.1, 0.15) is 11.8 Å². The minimum atomic E-state index is -3.79. The van der Waals surface area contributed by atoms with Crippen LogP contribution in [0.1, 0.15) is 23.8 Å². The van der Waals surface area contributed by atoms with E-state index in [-0.39, 0.29) is 4.90 Å². The molecule has 1 atom stereocenters. The number of hydrazone groups is 1. The number of furan rings is 1. The number of sulfonamides is 1. The minimum absolute atomic E-state index is 0.206. The van der Waals surface area contributed by atoms with Gasteiger partial charge in [-0.25, -0.2) is 0 Å². The lowest BCUT2D eigenvalue weighted by atomic mass is 10.0. The third-order valence-electron chi connectivity index (χ3n) is 4.21. The van der Waals surface area contributed by atoms with Crippen LogP contribution in [0.3, 0.4) is 0 Å². The third kappa shape index (κ3) is 3.08. The van der Waals surface area contributed by atoms with E-state index in [1.54, 1.807) is 48.7 Å². The maximum atomic E-state index is 13.1. The highest BCUT2D eigenvalue weighted by Gasteiger charge is 2.39. The van der Waals surface area contributed by atoms with Crippen molar-refractivity contribution >= 4 is 31.7 Å². The Morgan fingerprint density at radius 1 is 1.00 bits per heavy atom. The van der Waals surface area contributed by atoms with Gasteiger partial charge in [0.15, 0.2) is 0 Å². The van der Waals surface area contributed by atoms with E-state index in [4.69, 9.17) is 4.42 Å². The topological polar surface area (TPSA) is 62.9 Å². The average Bonchev–Trinajstić information content (AvgIpc) is 3.33. The van der Waals surface area contributed by atoms with Gasteiger partial charge >= 0.3 is 0 Å². The molecule has 3 aromatic rings. The van der Waals surface area contributed by atoms with E-state index < -0.39 is 16.1 Å². The first-order valence-electron chi connectivity index (χ1n) is 8.02. The van der Waals surface area contributed by atoms with Gasteiger partial charge in [0.05, 0.1) is 16.9 Å². The summed E-state index contributed by atoms with van der Waals surface area (Å²) in [5, 5.41) is 4.46. The Hall–Kier alpha value is -2.38. The molecular formula is C19H15BrN2O3S. The molecule has 5 nitrogen and oxygen atoms in total. The highest BCUT2D eigenvalue weighted by atomic mass is 79.9. The van der Waals surface area contributed by atoms with Crippen LogP contribution in [0.5, 0.6) is 0 Å². The summed E-state index contributed by atoms with van der Waals surface area (Å²) in [7, 11) is -3.79. The molecule has 4 rings (SSSR count). The number of hydrogen-bond acceptors (Lipinski definition) is 4. The van der Waals surface area contributed by atoms with Gasteiger partial charge in [-0.3, -0.25) is 0 Å². The molecule has 7 heteroatoms. The number of rotatable bonds is 4. The largest absolute Gasteiger partial charge is 0.467 e. The normalized spacial score (nSPS) is 17.3. The Morgan fingerprint density at radius 2 is 1.73 bits per heavy atom. The van der Waals surface area contributed by atoms with Crippen molar-refractivity contribution < 1.29 is 12.8 Å². The van der Waals surface area contributed by atoms with Crippen molar-refractivity contribution in [2.45, 2.75) is 17.4 Å². The smallest absolute Gasteiger partial charge is 0.279 e. The maximum absolute atomic E-state index is 13.1. The summed E-state index contributed by atoms with van der Waals surface area (Å²) in [6.45, 7) is 0. The first kappa shape index (κ1) is 17.1. The number of halogens is 1. The van der Waals surface area contributed by atoms with Gasteiger partial charge in [-0.1, -0.05) is 46.3 Å². The fraction of sp³-hybridized carbons (Fsp3) is 0.105. The van der Waals surface area contributed by atoms with E-state index in [1.807, 2.05) is 24.3 Å². The molecule has 1 aliphatic rings. The van der Waals surface area contributed by atoms with Gasteiger partial charge in [-0.15, -0.1) is 0 Å². The predicted molar refractivity (Wildman–Crippen MR) is 102 cm³/mol. The van der Waals surface area contributed by atoms with Gasteiger partial charge < -0.3 is 4.42 Å². The van der Waals surface area contributed by atoms with E-state index in [2.05, 4.69) is 21.0 Å². The second-order valence-corrected chi connectivity index (χ2v) is 8.59. The second-order valence-electron chi connectivity index (χ2n) is 5.88. The molecule has 0 bridgehead atoms. The van der Waals surface area contributed by atoms with E-state index in [9.17, 15) is 8.42 Å². The Kier molecular flexibility index (Phi) is 4.42. The predicted octanol–water partition coefficient (Wildman–Crippen LogP) is 4.58. The molecule has 132 valence electrons. The first-order chi connectivity index (χ1) is 12.6. The molecule has 0 saturated heterocycles. The van der Waals surface area contributed by atoms with Crippen molar-refractivity contribution in [1.82, 2.24) is 4.41 Å². The zero-order valence-corrected chi connectivity index (χ0v) is 16.0. The monoisotopic (exact) mass is 430 g/mol. The Morgan fingerprint density at radius 3 is 2.38 bits per heavy atom. The van der Waals surface area contributed by atoms with Crippen molar-refractivity contribution in [3.63, 3.8) is 0 Å². The molecule has 0 fully saturated rings. The fourth-order valence-electron chi connectivity index (χ4n) is 2.92. The van der Waals surface area contributed by atoms with Crippen LogP contribution >= 0.6 is 15.9 Å². The van der Waals surface area contributed by atoms with Crippen LogP contribution in [0.4, 0.5) is 0 Å². The average molecular weight is 431 g/mol. The summed E-state index contributed by atoms with van der Waals surface area (Å²) in [5.41, 5.74) is 1.59. The maximum Gasteiger partial charge on any atom is 0.279 e. The van der Waals surface area contributed by atoms with Crippen LogP contribution in [0.15, 0.2) is 91.9 Å². The number of benzene rings is 2. The first-order valence-corrected chi connectivity index (χ1v) is 10.3. The summed E-state index contributed by atoms with van der Waals surface area (Å²) in [6, 6.07) is 19.0. The van der Waals surface area contributed by atoms with Crippen LogP contribution in [0.2, 0.25) is 0 Å². The molecule has 0 N–H and O–H groups in total. The number of nitrogens with zero attached hydrogens (tertiary/aromatic N) is 2. The highest BCUT2D eigenvalue weighted by molar-refractivity contribution is 9.10. The summed E-state index contributed by atoms with van der Waals surface area (Å²) in [6.07, 6.45) is 1.99. The molecule has 0 radical (unpaired) electrons. The summed E-state index contributed by atoms with van der Waals surface area (Å²) in [4.78, 5) is 0.206. The molecule has 1 aliphatic heterocycles. The van der Waals surface area contributed by atoms with Crippen LogP contribution in [-0.4, -0.2) is 18.5 Å². The lowest BCUT2D eigenvalue weighted by Crippen LogP contribution is -2.27. The second kappa shape index (κ2) is 6.74. The van der Waals surface area contributed by atoms with Crippen molar-refractivity contribution in [2.75, 3.05) is 0 Å². The van der Waals surface area contributed by atoms with Crippen molar-refractivity contribution in [3.05, 3.63) is 88.8 Å².